The Morgan fingerprint density at radius 1 is 1.23 bits per heavy atom. The molecule has 5 aromatic rings. The van der Waals surface area contributed by atoms with Gasteiger partial charge in [-0.1, -0.05) is 12.1 Å². The molecule has 1 amide bonds. The third-order valence-corrected chi connectivity index (χ3v) is 6.17. The highest BCUT2D eigenvalue weighted by atomic mass is 16.3. The lowest BCUT2D eigenvalue weighted by Gasteiger charge is -2.12. The molecule has 0 unspecified atom stereocenters. The molecule has 2 N–H and O–H groups in total. The summed E-state index contributed by atoms with van der Waals surface area (Å²) in [5.41, 5.74) is 3.14. The van der Waals surface area contributed by atoms with Gasteiger partial charge in [0.15, 0.2) is 11.6 Å². The van der Waals surface area contributed by atoms with Gasteiger partial charge in [0, 0.05) is 17.5 Å². The molecule has 10 nitrogen and oxygen atoms in total. The van der Waals surface area contributed by atoms with E-state index in [9.17, 15) is 9.90 Å². The van der Waals surface area contributed by atoms with Crippen LogP contribution in [0.5, 0.6) is 0 Å². The number of benzene rings is 1. The Morgan fingerprint density at radius 2 is 2.09 bits per heavy atom. The van der Waals surface area contributed by atoms with Gasteiger partial charge < -0.3 is 24.0 Å². The molecule has 0 spiro atoms. The Hall–Kier alpha value is -4.31. The fraction of sp³-hybridized carbons (Fsp3) is 0.240. The van der Waals surface area contributed by atoms with Crippen molar-refractivity contribution in [2.45, 2.75) is 31.7 Å². The van der Waals surface area contributed by atoms with Crippen molar-refractivity contribution in [3.8, 4) is 17.2 Å². The number of hydrogen-bond donors (Lipinski definition) is 2. The standard InChI is InChI=1S/C25H23N7O3/c1-15(12-33)32-14-27-30-24(32)18-4-2-7-23(28-18)29-25(34)22-10-17-20(5-3-6-21(17)35-22)31-11-19(26-13-31)16-8-9-16/h2-7,10-11,13-16,33H,8-9,12H2,1H3,(H,28,29,34)/t15-/m1/s1. The molecule has 0 saturated heterocycles. The third-order valence-electron chi connectivity index (χ3n) is 6.17. The van der Waals surface area contributed by atoms with E-state index in [0.717, 1.165) is 16.8 Å². The fourth-order valence-electron chi connectivity index (χ4n) is 4.09. The molecule has 6 rings (SSSR count). The largest absolute Gasteiger partial charge is 0.451 e. The van der Waals surface area contributed by atoms with Crippen LogP contribution >= 0.6 is 0 Å². The number of furan rings is 1. The number of amides is 1. The SMILES string of the molecule is C[C@H](CO)n1cnnc1-c1cccc(NC(=O)c2cc3c(-n4cnc(C5CC5)c4)cccc3o2)n1. The number of hydrogen-bond acceptors (Lipinski definition) is 7. The van der Waals surface area contributed by atoms with Crippen molar-refractivity contribution in [3.05, 3.63) is 72.8 Å². The zero-order valence-electron chi connectivity index (χ0n) is 19.0. The molecule has 0 radical (unpaired) electrons. The smallest absolute Gasteiger partial charge is 0.292 e. The first-order valence-electron chi connectivity index (χ1n) is 11.5. The first-order valence-corrected chi connectivity index (χ1v) is 11.5. The third kappa shape index (κ3) is 3.97. The number of nitrogens with zero attached hydrogens (tertiary/aromatic N) is 6. The molecule has 0 aliphatic heterocycles. The number of aromatic nitrogens is 6. The van der Waals surface area contributed by atoms with Gasteiger partial charge in [-0.15, -0.1) is 10.2 Å². The highest BCUT2D eigenvalue weighted by molar-refractivity contribution is 6.05. The molecule has 0 bridgehead atoms. The van der Waals surface area contributed by atoms with Crippen molar-refractivity contribution in [2.24, 2.45) is 0 Å². The molecule has 1 fully saturated rings. The lowest BCUT2D eigenvalue weighted by Crippen LogP contribution is -2.13. The summed E-state index contributed by atoms with van der Waals surface area (Å²) in [4.78, 5) is 22.1. The minimum Gasteiger partial charge on any atom is -0.451 e. The molecular weight excluding hydrogens is 446 g/mol. The molecule has 4 aromatic heterocycles. The van der Waals surface area contributed by atoms with E-state index in [0.29, 0.717) is 28.8 Å². The van der Waals surface area contributed by atoms with E-state index in [4.69, 9.17) is 4.42 Å². The summed E-state index contributed by atoms with van der Waals surface area (Å²) in [6, 6.07) is 12.5. The number of rotatable bonds is 7. The van der Waals surface area contributed by atoms with E-state index < -0.39 is 5.91 Å². The van der Waals surface area contributed by atoms with Crippen LogP contribution in [0.3, 0.4) is 0 Å². The van der Waals surface area contributed by atoms with E-state index in [1.807, 2.05) is 35.9 Å². The summed E-state index contributed by atoms with van der Waals surface area (Å²) >= 11 is 0. The van der Waals surface area contributed by atoms with Gasteiger partial charge in [-0.05, 0) is 50.1 Å². The zero-order valence-corrected chi connectivity index (χ0v) is 19.0. The minimum absolute atomic E-state index is 0.0591. The van der Waals surface area contributed by atoms with Crippen LogP contribution in [0.25, 0.3) is 28.2 Å². The Labute approximate surface area is 200 Å². The van der Waals surface area contributed by atoms with E-state index in [1.165, 1.54) is 12.8 Å². The van der Waals surface area contributed by atoms with Gasteiger partial charge >= 0.3 is 0 Å². The van der Waals surface area contributed by atoms with Crippen LogP contribution in [0.15, 0.2) is 65.7 Å². The number of carbonyl (C=O) groups is 1. The Balaban J connectivity index is 1.27. The van der Waals surface area contributed by atoms with Crippen LogP contribution in [-0.2, 0) is 0 Å². The van der Waals surface area contributed by atoms with Gasteiger partial charge in [-0.25, -0.2) is 9.97 Å². The number of fused-ring (bicyclic) bond motifs is 1. The van der Waals surface area contributed by atoms with E-state index >= 15 is 0 Å². The molecule has 1 saturated carbocycles. The van der Waals surface area contributed by atoms with Crippen LogP contribution in [0.1, 0.15) is 48.0 Å². The minimum atomic E-state index is -0.411. The molecule has 10 heteroatoms. The molecule has 1 atom stereocenters. The number of imidazole rings is 1. The zero-order chi connectivity index (χ0) is 23.9. The lowest BCUT2D eigenvalue weighted by molar-refractivity contribution is 0.0998. The second-order valence-electron chi connectivity index (χ2n) is 8.74. The summed E-state index contributed by atoms with van der Waals surface area (Å²) in [7, 11) is 0. The second kappa shape index (κ2) is 8.48. The Kier molecular flexibility index (Phi) is 5.14. The van der Waals surface area contributed by atoms with Crippen LogP contribution in [-0.4, -0.2) is 46.9 Å². The van der Waals surface area contributed by atoms with Gasteiger partial charge in [0.05, 0.1) is 30.4 Å². The number of aliphatic hydroxyl groups is 1. The maximum atomic E-state index is 13.0. The molecule has 176 valence electrons. The number of anilines is 1. The first-order chi connectivity index (χ1) is 17.1. The summed E-state index contributed by atoms with van der Waals surface area (Å²) in [5, 5.41) is 21.2. The molecular formula is C25H23N7O3. The van der Waals surface area contributed by atoms with Crippen molar-refractivity contribution < 1.29 is 14.3 Å². The van der Waals surface area contributed by atoms with Crippen LogP contribution in [0.2, 0.25) is 0 Å². The van der Waals surface area contributed by atoms with Crippen LogP contribution < -0.4 is 5.32 Å². The molecule has 35 heavy (non-hydrogen) atoms. The normalized spacial score (nSPS) is 14.3. The van der Waals surface area contributed by atoms with Crippen molar-refractivity contribution in [2.75, 3.05) is 11.9 Å². The highest BCUT2D eigenvalue weighted by Gasteiger charge is 2.26. The summed E-state index contributed by atoms with van der Waals surface area (Å²) in [6.45, 7) is 1.79. The number of carbonyl (C=O) groups excluding carboxylic acids is 1. The highest BCUT2D eigenvalue weighted by Crippen LogP contribution is 2.39. The van der Waals surface area contributed by atoms with Crippen molar-refractivity contribution >= 4 is 22.7 Å². The Morgan fingerprint density at radius 3 is 2.91 bits per heavy atom. The van der Waals surface area contributed by atoms with Crippen molar-refractivity contribution in [1.82, 2.24) is 29.3 Å². The number of nitrogens with one attached hydrogen (secondary N) is 1. The second-order valence-corrected chi connectivity index (χ2v) is 8.74. The van der Waals surface area contributed by atoms with E-state index in [2.05, 4.69) is 25.5 Å². The van der Waals surface area contributed by atoms with E-state index in [-0.39, 0.29) is 18.4 Å². The van der Waals surface area contributed by atoms with Crippen molar-refractivity contribution in [3.63, 3.8) is 0 Å². The van der Waals surface area contributed by atoms with Crippen molar-refractivity contribution in [1.29, 1.82) is 0 Å². The lowest BCUT2D eigenvalue weighted by atomic mass is 10.2. The topological polar surface area (TPSA) is 124 Å². The van der Waals surface area contributed by atoms with Crippen LogP contribution in [0.4, 0.5) is 5.82 Å². The molecule has 1 aliphatic carbocycles. The Bertz CT molecular complexity index is 1530. The fourth-order valence-corrected chi connectivity index (χ4v) is 4.09. The first kappa shape index (κ1) is 21.2. The monoisotopic (exact) mass is 469 g/mol. The average molecular weight is 470 g/mol. The number of pyridine rings is 1. The molecule has 1 aromatic carbocycles. The van der Waals surface area contributed by atoms with Gasteiger partial charge in [-0.3, -0.25) is 4.79 Å². The summed E-state index contributed by atoms with van der Waals surface area (Å²) in [5.74, 6) is 1.18. The van der Waals surface area contributed by atoms with E-state index in [1.54, 1.807) is 41.5 Å². The maximum absolute atomic E-state index is 13.0. The van der Waals surface area contributed by atoms with Gasteiger partial charge in [0.25, 0.3) is 5.91 Å². The van der Waals surface area contributed by atoms with Gasteiger partial charge in [0.2, 0.25) is 0 Å². The number of aliphatic hydroxyl groups excluding tert-OH is 1. The predicted molar refractivity (Wildman–Crippen MR) is 128 cm³/mol. The maximum Gasteiger partial charge on any atom is 0.292 e. The quantitative estimate of drug-likeness (QED) is 0.370. The van der Waals surface area contributed by atoms with Gasteiger partial charge in [-0.2, -0.15) is 0 Å². The van der Waals surface area contributed by atoms with Gasteiger partial charge in [0.1, 0.15) is 23.4 Å². The molecule has 1 aliphatic rings. The average Bonchev–Trinajstić information content (AvgIpc) is 3.28. The summed E-state index contributed by atoms with van der Waals surface area (Å²) in [6.07, 6.45) is 7.77. The molecule has 4 heterocycles. The van der Waals surface area contributed by atoms with Crippen LogP contribution in [0, 0.1) is 0 Å². The predicted octanol–water partition coefficient (Wildman–Crippen LogP) is 3.96. The summed E-state index contributed by atoms with van der Waals surface area (Å²) < 4.78 is 9.58.